The molecule has 1 aromatic carbocycles. The van der Waals surface area contributed by atoms with Gasteiger partial charge in [-0.05, 0) is 42.9 Å². The van der Waals surface area contributed by atoms with Crippen LogP contribution in [0.15, 0.2) is 28.7 Å². The molecule has 1 atom stereocenters. The van der Waals surface area contributed by atoms with Gasteiger partial charge in [-0.15, -0.1) is 0 Å². The summed E-state index contributed by atoms with van der Waals surface area (Å²) in [5, 5.41) is 10.9. The Morgan fingerprint density at radius 3 is 2.62 bits per heavy atom. The van der Waals surface area contributed by atoms with Gasteiger partial charge < -0.3 is 5.11 Å². The highest BCUT2D eigenvalue weighted by Gasteiger charge is 2.38. The lowest BCUT2D eigenvalue weighted by molar-refractivity contribution is -0.0256. The lowest BCUT2D eigenvalue weighted by Crippen LogP contribution is -2.33. The molecule has 0 radical (unpaired) electrons. The number of benzene rings is 1. The van der Waals surface area contributed by atoms with Crippen molar-refractivity contribution in [1.29, 1.82) is 0 Å². The summed E-state index contributed by atoms with van der Waals surface area (Å²) in [5.74, 6) is 0.437. The molecule has 1 unspecified atom stereocenters. The van der Waals surface area contributed by atoms with E-state index in [1.165, 1.54) is 12.8 Å². The Labute approximate surface area is 106 Å². The lowest BCUT2D eigenvalue weighted by Gasteiger charge is -2.34. The van der Waals surface area contributed by atoms with Gasteiger partial charge in [0.2, 0.25) is 0 Å². The zero-order valence-electron chi connectivity index (χ0n) is 9.75. The molecule has 0 amide bonds. The third-order valence-corrected chi connectivity index (χ3v) is 4.39. The van der Waals surface area contributed by atoms with E-state index in [2.05, 4.69) is 28.9 Å². The first-order valence-electron chi connectivity index (χ1n) is 6.15. The average molecular weight is 283 g/mol. The minimum absolute atomic E-state index is 0.437. The topological polar surface area (TPSA) is 20.2 Å². The second-order valence-electron chi connectivity index (χ2n) is 4.77. The Hall–Kier alpha value is -0.340. The molecule has 0 spiro atoms. The predicted molar refractivity (Wildman–Crippen MR) is 70.3 cm³/mol. The van der Waals surface area contributed by atoms with Crippen LogP contribution in [0, 0.1) is 5.92 Å². The predicted octanol–water partition coefficient (Wildman–Crippen LogP) is 4.24. The molecule has 0 bridgehead atoms. The monoisotopic (exact) mass is 282 g/mol. The molecule has 1 aliphatic carbocycles. The van der Waals surface area contributed by atoms with Crippen molar-refractivity contribution in [2.24, 2.45) is 5.92 Å². The number of aliphatic hydroxyl groups is 1. The van der Waals surface area contributed by atoms with E-state index in [1.807, 2.05) is 18.2 Å². The Morgan fingerprint density at radius 1 is 1.38 bits per heavy atom. The fraction of sp³-hybridized carbons (Fsp3) is 0.571. The van der Waals surface area contributed by atoms with Gasteiger partial charge in [0.15, 0.2) is 0 Å². The van der Waals surface area contributed by atoms with E-state index in [1.54, 1.807) is 0 Å². The van der Waals surface area contributed by atoms with Crippen LogP contribution in [0.1, 0.15) is 44.6 Å². The summed E-state index contributed by atoms with van der Waals surface area (Å²) in [4.78, 5) is 0. The van der Waals surface area contributed by atoms with Crippen molar-refractivity contribution in [1.82, 2.24) is 0 Å². The highest BCUT2D eigenvalue weighted by Crippen LogP contribution is 2.42. The largest absolute Gasteiger partial charge is 0.385 e. The van der Waals surface area contributed by atoms with Gasteiger partial charge in [-0.25, -0.2) is 0 Å². The minimum Gasteiger partial charge on any atom is -0.385 e. The second kappa shape index (κ2) is 4.89. The Bertz CT molecular complexity index is 358. The first-order chi connectivity index (χ1) is 7.66. The number of hydrogen-bond acceptors (Lipinski definition) is 1. The summed E-state index contributed by atoms with van der Waals surface area (Å²) < 4.78 is 1.05. The Kier molecular flexibility index (Phi) is 3.70. The van der Waals surface area contributed by atoms with Crippen LogP contribution in [-0.2, 0) is 5.60 Å². The molecule has 2 rings (SSSR count). The normalized spacial score (nSPS) is 20.9. The molecule has 0 saturated heterocycles. The van der Waals surface area contributed by atoms with Crippen LogP contribution < -0.4 is 0 Å². The first kappa shape index (κ1) is 12.1. The van der Waals surface area contributed by atoms with E-state index in [9.17, 15) is 5.11 Å². The van der Waals surface area contributed by atoms with E-state index in [0.717, 1.165) is 29.3 Å². The van der Waals surface area contributed by atoms with Gasteiger partial charge in [-0.1, -0.05) is 47.8 Å². The van der Waals surface area contributed by atoms with E-state index in [-0.39, 0.29) is 0 Å². The van der Waals surface area contributed by atoms with Crippen molar-refractivity contribution in [2.75, 3.05) is 0 Å². The maximum atomic E-state index is 10.9. The van der Waals surface area contributed by atoms with Crippen LogP contribution in [0.5, 0.6) is 0 Å². The van der Waals surface area contributed by atoms with Gasteiger partial charge in [-0.3, -0.25) is 0 Å². The summed E-state index contributed by atoms with van der Waals surface area (Å²) in [5.41, 5.74) is 0.441. The van der Waals surface area contributed by atoms with Crippen molar-refractivity contribution in [3.05, 3.63) is 34.3 Å². The van der Waals surface area contributed by atoms with Crippen molar-refractivity contribution in [3.63, 3.8) is 0 Å². The summed E-state index contributed by atoms with van der Waals surface area (Å²) in [6.07, 6.45) is 5.66. The average Bonchev–Trinajstić information content (AvgIpc) is 2.82. The van der Waals surface area contributed by atoms with Crippen LogP contribution in [0.4, 0.5) is 0 Å². The van der Waals surface area contributed by atoms with Crippen LogP contribution in [0.3, 0.4) is 0 Å². The smallest absolute Gasteiger partial charge is 0.0922 e. The van der Waals surface area contributed by atoms with Crippen LogP contribution in [0.25, 0.3) is 0 Å². The van der Waals surface area contributed by atoms with Crippen molar-refractivity contribution in [2.45, 2.75) is 44.6 Å². The molecule has 2 heteroatoms. The molecule has 0 aliphatic heterocycles. The molecule has 1 saturated carbocycles. The minimum atomic E-state index is -0.625. The number of rotatable bonds is 3. The molecule has 88 valence electrons. The zero-order chi connectivity index (χ0) is 11.6. The molecule has 1 nitrogen and oxygen atoms in total. The Balaban J connectivity index is 2.32. The van der Waals surface area contributed by atoms with Gasteiger partial charge in [0.1, 0.15) is 0 Å². The molecule has 1 aromatic rings. The quantitative estimate of drug-likeness (QED) is 0.879. The molecular weight excluding hydrogens is 264 g/mol. The first-order valence-corrected chi connectivity index (χ1v) is 6.94. The maximum absolute atomic E-state index is 10.9. The molecule has 1 aliphatic rings. The van der Waals surface area contributed by atoms with Gasteiger partial charge in [0.25, 0.3) is 0 Å². The Morgan fingerprint density at radius 2 is 2.06 bits per heavy atom. The summed E-state index contributed by atoms with van der Waals surface area (Å²) in [7, 11) is 0. The number of halogens is 1. The maximum Gasteiger partial charge on any atom is 0.0922 e. The lowest BCUT2D eigenvalue weighted by atomic mass is 9.78. The third kappa shape index (κ3) is 2.18. The van der Waals surface area contributed by atoms with Crippen LogP contribution in [0.2, 0.25) is 0 Å². The van der Waals surface area contributed by atoms with Gasteiger partial charge in [0.05, 0.1) is 5.60 Å². The zero-order valence-corrected chi connectivity index (χ0v) is 11.3. The summed E-state index contributed by atoms with van der Waals surface area (Å²) in [6, 6.07) is 8.12. The van der Waals surface area contributed by atoms with Crippen molar-refractivity contribution >= 4 is 15.9 Å². The standard InChI is InChI=1S/C14H19BrO/c1-2-14(16,11-6-3-4-7-11)12-8-5-9-13(15)10-12/h5,8-11,16H,2-4,6-7H2,1H3. The second-order valence-corrected chi connectivity index (χ2v) is 5.69. The number of hydrogen-bond donors (Lipinski definition) is 1. The van der Waals surface area contributed by atoms with Crippen LogP contribution >= 0.6 is 15.9 Å². The molecule has 0 aromatic heterocycles. The van der Waals surface area contributed by atoms with Gasteiger partial charge in [0, 0.05) is 4.47 Å². The van der Waals surface area contributed by atoms with E-state index in [4.69, 9.17) is 0 Å². The summed E-state index contributed by atoms with van der Waals surface area (Å²) >= 11 is 3.48. The molecular formula is C14H19BrO. The summed E-state index contributed by atoms with van der Waals surface area (Å²) in [6.45, 7) is 2.08. The van der Waals surface area contributed by atoms with Crippen LogP contribution in [-0.4, -0.2) is 5.11 Å². The van der Waals surface area contributed by atoms with Crippen molar-refractivity contribution in [3.8, 4) is 0 Å². The van der Waals surface area contributed by atoms with Gasteiger partial charge >= 0.3 is 0 Å². The molecule has 0 heterocycles. The fourth-order valence-corrected chi connectivity index (χ4v) is 3.29. The molecule has 1 N–H and O–H groups in total. The highest BCUT2D eigenvalue weighted by atomic mass is 79.9. The fourth-order valence-electron chi connectivity index (χ4n) is 2.89. The van der Waals surface area contributed by atoms with E-state index >= 15 is 0 Å². The molecule has 16 heavy (non-hydrogen) atoms. The SMILES string of the molecule is CCC(O)(c1cccc(Br)c1)C1CCCC1. The van der Waals surface area contributed by atoms with Crippen molar-refractivity contribution < 1.29 is 5.11 Å². The third-order valence-electron chi connectivity index (χ3n) is 3.89. The van der Waals surface area contributed by atoms with E-state index in [0.29, 0.717) is 5.92 Å². The highest BCUT2D eigenvalue weighted by molar-refractivity contribution is 9.10. The van der Waals surface area contributed by atoms with E-state index < -0.39 is 5.60 Å². The van der Waals surface area contributed by atoms with Gasteiger partial charge in [-0.2, -0.15) is 0 Å². The molecule has 1 fully saturated rings.